The normalized spacial score (nSPS) is 10.5. The molecule has 6 rings (SSSR count). The number of phenols is 1. The molecule has 0 fully saturated rings. The number of hydrogen-bond acceptors (Lipinski definition) is 8. The monoisotopic (exact) mass is 612 g/mol. The van der Waals surface area contributed by atoms with Gasteiger partial charge in [-0.1, -0.05) is 13.0 Å². The molecule has 0 bridgehead atoms. The molecule has 9 heteroatoms. The van der Waals surface area contributed by atoms with Gasteiger partial charge in [0.25, 0.3) is 0 Å². The number of ether oxygens (including phenoxy) is 3. The summed E-state index contributed by atoms with van der Waals surface area (Å²) in [5.41, 5.74) is 2.81. The lowest BCUT2D eigenvalue weighted by atomic mass is 10.1. The van der Waals surface area contributed by atoms with Gasteiger partial charge in [0.05, 0.1) is 41.0 Å². The Kier molecular flexibility index (Phi) is 10.3. The number of esters is 1. The Bertz CT molecular complexity index is 1730. The third-order valence-electron chi connectivity index (χ3n) is 6.11. The molecule has 0 amide bonds. The van der Waals surface area contributed by atoms with Gasteiger partial charge in [0.1, 0.15) is 17.2 Å². The van der Waals surface area contributed by atoms with Crippen molar-refractivity contribution in [2.45, 2.75) is 19.2 Å². The maximum atomic E-state index is 11.4. The van der Waals surface area contributed by atoms with Gasteiger partial charge in [-0.3, -0.25) is 0 Å². The van der Waals surface area contributed by atoms with Crippen LogP contribution < -0.4 is 9.47 Å². The Morgan fingerprint density at radius 2 is 1.27 bits per heavy atom. The molecule has 3 aromatic heterocycles. The summed E-state index contributed by atoms with van der Waals surface area (Å²) in [4.78, 5) is 11.4. The SMILES string of the molecule is CCc1cc(O)c2sccc2c1.COC(=O)c1cc(OC)c2sccc2c1.COc1cc(CCl)cc2ccsc12. The van der Waals surface area contributed by atoms with Crippen LogP contribution in [0.4, 0.5) is 0 Å². The fourth-order valence-electron chi connectivity index (χ4n) is 4.10. The summed E-state index contributed by atoms with van der Waals surface area (Å²) in [5.74, 6) is 2.23. The number of methoxy groups -OCH3 is 3. The molecule has 3 aromatic carbocycles. The van der Waals surface area contributed by atoms with Gasteiger partial charge in [-0.15, -0.1) is 45.6 Å². The number of benzene rings is 3. The van der Waals surface area contributed by atoms with E-state index in [1.807, 2.05) is 35.0 Å². The van der Waals surface area contributed by atoms with Crippen molar-refractivity contribution in [3.63, 3.8) is 0 Å². The predicted molar refractivity (Wildman–Crippen MR) is 171 cm³/mol. The topological polar surface area (TPSA) is 65.0 Å². The fraction of sp³-hybridized carbons (Fsp3) is 0.194. The number of carbonyl (C=O) groups excluding carboxylic acids is 1. The van der Waals surface area contributed by atoms with Crippen molar-refractivity contribution in [2.24, 2.45) is 0 Å². The number of phenolic OH excluding ortho intramolecular Hbond substituents is 1. The Morgan fingerprint density at radius 3 is 1.82 bits per heavy atom. The summed E-state index contributed by atoms with van der Waals surface area (Å²) in [6.07, 6.45) is 0.972. The molecule has 0 aliphatic heterocycles. The van der Waals surface area contributed by atoms with Gasteiger partial charge in [0, 0.05) is 5.88 Å². The van der Waals surface area contributed by atoms with Crippen LogP contribution >= 0.6 is 45.6 Å². The van der Waals surface area contributed by atoms with Crippen molar-refractivity contribution in [2.75, 3.05) is 21.3 Å². The molecule has 0 unspecified atom stereocenters. The van der Waals surface area contributed by atoms with Gasteiger partial charge in [-0.05, 0) is 98.4 Å². The summed E-state index contributed by atoms with van der Waals surface area (Å²) in [7, 11) is 4.65. The minimum absolute atomic E-state index is 0.346. The van der Waals surface area contributed by atoms with Gasteiger partial charge in [0.15, 0.2) is 0 Å². The number of alkyl halides is 1. The fourth-order valence-corrected chi connectivity index (χ4v) is 6.79. The maximum Gasteiger partial charge on any atom is 0.338 e. The Labute approximate surface area is 250 Å². The maximum absolute atomic E-state index is 11.4. The van der Waals surface area contributed by atoms with Crippen LogP contribution in [0.2, 0.25) is 0 Å². The standard InChI is InChI=1S/C11H10O3S.C10H9ClOS.C10H10OS/c1-13-9-6-8(11(12)14-2)5-7-3-4-15-10(7)9;1-12-9-5-7(6-11)4-8-2-3-13-10(8)9;1-2-7-5-8-3-4-12-10(8)9(11)6-7/h3-6H,1-2H3;2-5H,6H2,1H3;3-6,11H,2H2,1H3. The van der Waals surface area contributed by atoms with E-state index >= 15 is 0 Å². The summed E-state index contributed by atoms with van der Waals surface area (Å²) in [6, 6.07) is 17.6. The lowest BCUT2D eigenvalue weighted by Gasteiger charge is -2.04. The van der Waals surface area contributed by atoms with Gasteiger partial charge in [0.2, 0.25) is 0 Å². The molecule has 3 heterocycles. The second-order valence-corrected chi connectivity index (χ2v) is 11.6. The van der Waals surface area contributed by atoms with Gasteiger partial charge >= 0.3 is 5.97 Å². The molecule has 0 saturated carbocycles. The highest BCUT2D eigenvalue weighted by atomic mass is 35.5. The molecule has 5 nitrogen and oxygen atoms in total. The highest BCUT2D eigenvalue weighted by molar-refractivity contribution is 7.18. The van der Waals surface area contributed by atoms with Crippen molar-refractivity contribution in [1.82, 2.24) is 0 Å². The summed E-state index contributed by atoms with van der Waals surface area (Å²) >= 11 is 10.6. The number of rotatable bonds is 5. The zero-order valence-electron chi connectivity index (χ0n) is 22.5. The van der Waals surface area contributed by atoms with E-state index in [0.717, 1.165) is 37.9 Å². The Hall–Kier alpha value is -3.30. The van der Waals surface area contributed by atoms with Crippen LogP contribution in [0.5, 0.6) is 17.2 Å². The van der Waals surface area contributed by atoms with Crippen LogP contribution in [0, 0.1) is 0 Å². The average Bonchev–Trinajstić information content (AvgIpc) is 3.77. The van der Waals surface area contributed by atoms with E-state index < -0.39 is 0 Å². The average molecular weight is 613 g/mol. The van der Waals surface area contributed by atoms with E-state index in [4.69, 9.17) is 21.1 Å². The first-order chi connectivity index (χ1) is 19.4. The van der Waals surface area contributed by atoms with Crippen LogP contribution in [-0.4, -0.2) is 32.4 Å². The van der Waals surface area contributed by atoms with Crippen LogP contribution in [0.15, 0.2) is 70.7 Å². The van der Waals surface area contributed by atoms with E-state index in [1.54, 1.807) is 60.4 Å². The van der Waals surface area contributed by atoms with E-state index in [1.165, 1.54) is 22.8 Å². The molecule has 0 radical (unpaired) electrons. The van der Waals surface area contributed by atoms with Crippen molar-refractivity contribution in [1.29, 1.82) is 0 Å². The second-order valence-electron chi connectivity index (χ2n) is 8.59. The number of thiophene rings is 3. The molecule has 6 aromatic rings. The smallest absolute Gasteiger partial charge is 0.338 e. The van der Waals surface area contributed by atoms with E-state index in [0.29, 0.717) is 22.9 Å². The van der Waals surface area contributed by atoms with Gasteiger partial charge in [-0.2, -0.15) is 0 Å². The predicted octanol–water partition coefficient (Wildman–Crippen LogP) is 9.51. The highest BCUT2D eigenvalue weighted by Crippen LogP contribution is 2.34. The number of fused-ring (bicyclic) bond motifs is 3. The quantitative estimate of drug-likeness (QED) is 0.155. The van der Waals surface area contributed by atoms with Crippen molar-refractivity contribution in [3.8, 4) is 17.2 Å². The van der Waals surface area contributed by atoms with Crippen LogP contribution in [0.1, 0.15) is 28.4 Å². The zero-order chi connectivity index (χ0) is 28.6. The largest absolute Gasteiger partial charge is 0.506 e. The molecule has 0 spiro atoms. The first kappa shape index (κ1) is 29.7. The molecule has 0 saturated heterocycles. The van der Waals surface area contributed by atoms with Crippen LogP contribution in [-0.2, 0) is 17.0 Å². The van der Waals surface area contributed by atoms with Crippen molar-refractivity contribution in [3.05, 3.63) is 87.4 Å². The number of aryl methyl sites for hydroxylation is 1. The van der Waals surface area contributed by atoms with Crippen molar-refractivity contribution >= 4 is 81.8 Å². The first-order valence-electron chi connectivity index (χ1n) is 12.3. The van der Waals surface area contributed by atoms with E-state index in [9.17, 15) is 9.90 Å². The molecular formula is C31H29ClO5S3. The minimum atomic E-state index is -0.346. The van der Waals surface area contributed by atoms with Gasteiger partial charge < -0.3 is 19.3 Å². The number of hydrogen-bond donors (Lipinski definition) is 1. The molecule has 40 heavy (non-hydrogen) atoms. The third-order valence-corrected chi connectivity index (χ3v) is 9.26. The van der Waals surface area contributed by atoms with Crippen molar-refractivity contribution < 1.29 is 24.1 Å². The summed E-state index contributed by atoms with van der Waals surface area (Å²) in [5, 5.41) is 19.0. The van der Waals surface area contributed by atoms with E-state index in [-0.39, 0.29) is 5.97 Å². The summed E-state index contributed by atoms with van der Waals surface area (Å²) in [6.45, 7) is 2.09. The molecule has 1 N–H and O–H groups in total. The molecule has 0 aliphatic carbocycles. The number of aromatic hydroxyl groups is 1. The zero-order valence-corrected chi connectivity index (χ0v) is 25.7. The van der Waals surface area contributed by atoms with Crippen LogP contribution in [0.25, 0.3) is 30.3 Å². The Balaban J connectivity index is 0.000000140. The number of halogens is 1. The van der Waals surface area contributed by atoms with E-state index in [2.05, 4.69) is 35.2 Å². The van der Waals surface area contributed by atoms with Gasteiger partial charge in [-0.25, -0.2) is 4.79 Å². The van der Waals surface area contributed by atoms with Crippen LogP contribution in [0.3, 0.4) is 0 Å². The highest BCUT2D eigenvalue weighted by Gasteiger charge is 2.11. The molecule has 0 atom stereocenters. The lowest BCUT2D eigenvalue weighted by molar-refractivity contribution is 0.0600. The third kappa shape index (κ3) is 6.70. The molecule has 208 valence electrons. The second kappa shape index (κ2) is 13.9. The summed E-state index contributed by atoms with van der Waals surface area (Å²) < 4.78 is 18.4. The number of carbonyl (C=O) groups is 1. The minimum Gasteiger partial charge on any atom is -0.506 e. The molecule has 0 aliphatic rings. The Morgan fingerprint density at radius 1 is 0.750 bits per heavy atom. The molecular weight excluding hydrogens is 584 g/mol. The first-order valence-corrected chi connectivity index (χ1v) is 15.5. The lowest BCUT2D eigenvalue weighted by Crippen LogP contribution is -2.01.